The van der Waals surface area contributed by atoms with E-state index < -0.39 is 0 Å². The molecule has 23 heavy (non-hydrogen) atoms. The number of likely N-dealkylation sites (N-methyl/N-ethyl adjacent to an activating group) is 1. The second-order valence-electron chi connectivity index (χ2n) is 6.22. The van der Waals surface area contributed by atoms with E-state index in [-0.39, 0.29) is 0 Å². The van der Waals surface area contributed by atoms with E-state index in [4.69, 9.17) is 0 Å². The summed E-state index contributed by atoms with van der Waals surface area (Å²) in [6.45, 7) is 5.53. The lowest BCUT2D eigenvalue weighted by Gasteiger charge is -2.31. The van der Waals surface area contributed by atoms with Crippen LogP contribution in [0.5, 0.6) is 0 Å². The predicted octanol–water partition coefficient (Wildman–Crippen LogP) is 2.40. The van der Waals surface area contributed by atoms with Gasteiger partial charge in [0.05, 0.1) is 12.2 Å². The molecule has 0 radical (unpaired) electrons. The highest BCUT2D eigenvalue weighted by molar-refractivity contribution is 5.79. The fraction of sp³-hybridized carbons (Fsp3) is 0.667. The molecule has 0 aromatic carbocycles. The van der Waals surface area contributed by atoms with Crippen molar-refractivity contribution >= 4 is 5.96 Å². The zero-order chi connectivity index (χ0) is 16.3. The number of aliphatic imine (C=N–C) groups is 1. The molecule has 0 amide bonds. The Morgan fingerprint density at radius 2 is 2.09 bits per heavy atom. The van der Waals surface area contributed by atoms with Gasteiger partial charge in [-0.15, -0.1) is 0 Å². The van der Waals surface area contributed by atoms with Crippen molar-refractivity contribution in [2.75, 3.05) is 26.7 Å². The van der Waals surface area contributed by atoms with Gasteiger partial charge in [0.1, 0.15) is 0 Å². The molecule has 1 aromatic rings. The highest BCUT2D eigenvalue weighted by Crippen LogP contribution is 2.21. The molecular weight excluding hydrogens is 286 g/mol. The first-order valence-corrected chi connectivity index (χ1v) is 8.92. The SMILES string of the molecule is CCNC(=NCc1ccccn1)NCCN(C)C1CCCCC1. The molecular formula is C18H31N5. The second kappa shape index (κ2) is 10.2. The molecule has 0 saturated heterocycles. The van der Waals surface area contributed by atoms with E-state index in [1.165, 1.54) is 32.1 Å². The average molecular weight is 317 g/mol. The van der Waals surface area contributed by atoms with Crippen molar-refractivity contribution in [1.29, 1.82) is 0 Å². The van der Waals surface area contributed by atoms with Gasteiger partial charge in [-0.2, -0.15) is 0 Å². The number of guanidine groups is 1. The summed E-state index contributed by atoms with van der Waals surface area (Å²) >= 11 is 0. The van der Waals surface area contributed by atoms with Crippen LogP contribution in [0.15, 0.2) is 29.4 Å². The standard InChI is InChI=1S/C18H31N5/c1-3-19-18(22-15-16-9-7-8-12-20-16)21-13-14-23(2)17-10-5-4-6-11-17/h7-9,12,17H,3-6,10-11,13-15H2,1-2H3,(H2,19,21,22). The Kier molecular flexibility index (Phi) is 7.87. The van der Waals surface area contributed by atoms with Crippen LogP contribution in [0.25, 0.3) is 0 Å². The van der Waals surface area contributed by atoms with Gasteiger partial charge in [0, 0.05) is 31.9 Å². The van der Waals surface area contributed by atoms with Crippen molar-refractivity contribution in [3.63, 3.8) is 0 Å². The number of hydrogen-bond donors (Lipinski definition) is 2. The fourth-order valence-corrected chi connectivity index (χ4v) is 3.05. The molecule has 2 N–H and O–H groups in total. The van der Waals surface area contributed by atoms with Gasteiger partial charge in [0.25, 0.3) is 0 Å². The minimum atomic E-state index is 0.606. The zero-order valence-corrected chi connectivity index (χ0v) is 14.6. The lowest BCUT2D eigenvalue weighted by Crippen LogP contribution is -2.43. The molecule has 0 aliphatic heterocycles. The first kappa shape index (κ1) is 17.7. The minimum Gasteiger partial charge on any atom is -0.357 e. The Labute approximate surface area is 140 Å². The van der Waals surface area contributed by atoms with Crippen LogP contribution >= 0.6 is 0 Å². The third-order valence-corrected chi connectivity index (χ3v) is 4.42. The Bertz CT molecular complexity index is 454. The van der Waals surface area contributed by atoms with Gasteiger partial charge in [0.15, 0.2) is 5.96 Å². The lowest BCUT2D eigenvalue weighted by atomic mass is 9.94. The van der Waals surface area contributed by atoms with Crippen molar-refractivity contribution in [3.05, 3.63) is 30.1 Å². The Balaban J connectivity index is 1.75. The molecule has 1 aliphatic rings. The number of nitrogens with one attached hydrogen (secondary N) is 2. The summed E-state index contributed by atoms with van der Waals surface area (Å²) in [6.07, 6.45) is 8.69. The highest BCUT2D eigenvalue weighted by Gasteiger charge is 2.17. The van der Waals surface area contributed by atoms with Crippen molar-refractivity contribution in [3.8, 4) is 0 Å². The van der Waals surface area contributed by atoms with Crippen LogP contribution in [0.2, 0.25) is 0 Å². The van der Waals surface area contributed by atoms with Gasteiger partial charge >= 0.3 is 0 Å². The van der Waals surface area contributed by atoms with E-state index in [1.54, 1.807) is 0 Å². The largest absolute Gasteiger partial charge is 0.357 e. The van der Waals surface area contributed by atoms with Crippen molar-refractivity contribution in [2.45, 2.75) is 51.6 Å². The van der Waals surface area contributed by atoms with Crippen LogP contribution in [0.4, 0.5) is 0 Å². The maximum absolute atomic E-state index is 4.61. The molecule has 1 aliphatic carbocycles. The van der Waals surface area contributed by atoms with Gasteiger partial charge in [0.2, 0.25) is 0 Å². The quantitative estimate of drug-likeness (QED) is 0.599. The summed E-state index contributed by atoms with van der Waals surface area (Å²) in [5.41, 5.74) is 0.990. The zero-order valence-electron chi connectivity index (χ0n) is 14.6. The summed E-state index contributed by atoms with van der Waals surface area (Å²) in [4.78, 5) is 11.4. The topological polar surface area (TPSA) is 52.6 Å². The third-order valence-electron chi connectivity index (χ3n) is 4.42. The lowest BCUT2D eigenvalue weighted by molar-refractivity contribution is 0.194. The molecule has 0 unspecified atom stereocenters. The van der Waals surface area contributed by atoms with E-state index in [0.717, 1.165) is 37.3 Å². The van der Waals surface area contributed by atoms with Gasteiger partial charge in [-0.05, 0) is 38.9 Å². The molecule has 0 spiro atoms. The Morgan fingerprint density at radius 3 is 2.78 bits per heavy atom. The van der Waals surface area contributed by atoms with Gasteiger partial charge < -0.3 is 15.5 Å². The third kappa shape index (κ3) is 6.57. The van der Waals surface area contributed by atoms with E-state index in [9.17, 15) is 0 Å². The van der Waals surface area contributed by atoms with Crippen LogP contribution in [0, 0.1) is 0 Å². The normalized spacial score (nSPS) is 16.6. The van der Waals surface area contributed by atoms with Crippen molar-refractivity contribution < 1.29 is 0 Å². The molecule has 5 heteroatoms. The van der Waals surface area contributed by atoms with Gasteiger partial charge in [-0.1, -0.05) is 25.3 Å². The van der Waals surface area contributed by atoms with Crippen LogP contribution in [0.1, 0.15) is 44.7 Å². The predicted molar refractivity (Wildman–Crippen MR) is 96.6 cm³/mol. The summed E-state index contributed by atoms with van der Waals surface area (Å²) < 4.78 is 0. The number of nitrogens with zero attached hydrogens (tertiary/aromatic N) is 3. The maximum Gasteiger partial charge on any atom is 0.191 e. The molecule has 5 nitrogen and oxygen atoms in total. The summed E-state index contributed by atoms with van der Waals surface area (Å²) in [6, 6.07) is 6.69. The van der Waals surface area contributed by atoms with Gasteiger partial charge in [-0.25, -0.2) is 4.99 Å². The number of rotatable bonds is 7. The van der Waals surface area contributed by atoms with Crippen molar-refractivity contribution in [1.82, 2.24) is 20.5 Å². The Morgan fingerprint density at radius 1 is 1.26 bits per heavy atom. The van der Waals surface area contributed by atoms with Crippen LogP contribution in [-0.2, 0) is 6.54 Å². The number of aromatic nitrogens is 1. The van der Waals surface area contributed by atoms with Crippen LogP contribution < -0.4 is 10.6 Å². The maximum atomic E-state index is 4.61. The van der Waals surface area contributed by atoms with E-state index >= 15 is 0 Å². The van der Waals surface area contributed by atoms with Crippen LogP contribution in [-0.4, -0.2) is 48.6 Å². The van der Waals surface area contributed by atoms with E-state index in [2.05, 4.69) is 39.5 Å². The van der Waals surface area contributed by atoms with E-state index in [1.807, 2.05) is 24.4 Å². The molecule has 0 atom stereocenters. The highest BCUT2D eigenvalue weighted by atomic mass is 15.2. The van der Waals surface area contributed by atoms with E-state index in [0.29, 0.717) is 6.54 Å². The molecule has 2 rings (SSSR count). The van der Waals surface area contributed by atoms with Gasteiger partial charge in [-0.3, -0.25) is 4.98 Å². The average Bonchev–Trinajstić information content (AvgIpc) is 2.61. The molecule has 1 fully saturated rings. The molecule has 1 saturated carbocycles. The summed E-state index contributed by atoms with van der Waals surface area (Å²) in [5.74, 6) is 0.871. The second-order valence-corrected chi connectivity index (χ2v) is 6.22. The fourth-order valence-electron chi connectivity index (χ4n) is 3.05. The molecule has 1 aromatic heterocycles. The minimum absolute atomic E-state index is 0.606. The summed E-state index contributed by atoms with van der Waals surface area (Å²) in [5, 5.41) is 6.73. The molecule has 0 bridgehead atoms. The monoisotopic (exact) mass is 317 g/mol. The molecule has 1 heterocycles. The number of pyridine rings is 1. The van der Waals surface area contributed by atoms with Crippen molar-refractivity contribution in [2.24, 2.45) is 4.99 Å². The smallest absolute Gasteiger partial charge is 0.191 e. The molecule has 128 valence electrons. The first-order chi connectivity index (χ1) is 11.3. The Hall–Kier alpha value is -1.62. The van der Waals surface area contributed by atoms with Crippen LogP contribution in [0.3, 0.4) is 0 Å². The summed E-state index contributed by atoms with van der Waals surface area (Å²) in [7, 11) is 2.25. The number of hydrogen-bond acceptors (Lipinski definition) is 3. The first-order valence-electron chi connectivity index (χ1n) is 8.92.